The van der Waals surface area contributed by atoms with Gasteiger partial charge in [0.15, 0.2) is 0 Å². The average molecular weight is 429 g/mol. The highest BCUT2D eigenvalue weighted by atomic mass is 32.2. The lowest BCUT2D eigenvalue weighted by molar-refractivity contribution is -0.113. The van der Waals surface area contributed by atoms with E-state index in [4.69, 9.17) is 0 Å². The van der Waals surface area contributed by atoms with Crippen molar-refractivity contribution in [3.8, 4) is 0 Å². The van der Waals surface area contributed by atoms with Crippen LogP contribution in [0.1, 0.15) is 55.3 Å². The second-order valence-corrected chi connectivity index (χ2v) is 9.23. The molecule has 9 heteroatoms. The number of thioether (sulfide) groups is 1. The topological polar surface area (TPSA) is 102 Å². The number of aryl methyl sites for hydroxylation is 1. The molecule has 2 aromatic rings. The van der Waals surface area contributed by atoms with Gasteiger partial charge < -0.3 is 10.6 Å². The van der Waals surface area contributed by atoms with Gasteiger partial charge in [0.25, 0.3) is 5.91 Å². The Morgan fingerprint density at radius 3 is 2.60 bits per heavy atom. The number of rotatable bonds is 6. The van der Waals surface area contributed by atoms with Crippen molar-refractivity contribution < 1.29 is 9.59 Å². The Morgan fingerprint density at radius 2 is 1.87 bits per heavy atom. The summed E-state index contributed by atoms with van der Waals surface area (Å²) in [5.41, 5.74) is 1.29. The number of nitrogens with one attached hydrogen (secondary N) is 2. The zero-order chi connectivity index (χ0) is 20.9. The van der Waals surface area contributed by atoms with Gasteiger partial charge in [-0.1, -0.05) is 37.4 Å². The minimum Gasteiger partial charge on any atom is -0.349 e. The van der Waals surface area contributed by atoms with Crippen LogP contribution < -0.4 is 10.6 Å². The first-order valence-corrected chi connectivity index (χ1v) is 11.6. The molecule has 0 bridgehead atoms. The maximum atomic E-state index is 12.6. The van der Waals surface area contributed by atoms with Crippen molar-refractivity contribution in [1.82, 2.24) is 25.5 Å². The molecule has 0 saturated heterocycles. The predicted molar refractivity (Wildman–Crippen MR) is 115 cm³/mol. The number of aromatic nitrogens is 4. The van der Waals surface area contributed by atoms with E-state index in [2.05, 4.69) is 26.2 Å². The summed E-state index contributed by atoms with van der Waals surface area (Å²) in [7, 11) is 1.73. The molecule has 0 spiro atoms. The molecule has 0 aliphatic heterocycles. The summed E-state index contributed by atoms with van der Waals surface area (Å²) >= 11 is 1.27. The summed E-state index contributed by atoms with van der Waals surface area (Å²) in [6.45, 7) is 0. The fourth-order valence-electron chi connectivity index (χ4n) is 4.65. The van der Waals surface area contributed by atoms with Crippen molar-refractivity contribution in [2.45, 2.75) is 56.1 Å². The Labute approximate surface area is 180 Å². The lowest BCUT2D eigenvalue weighted by Crippen LogP contribution is -2.41. The molecule has 160 valence electrons. The van der Waals surface area contributed by atoms with E-state index in [1.807, 2.05) is 0 Å². The van der Waals surface area contributed by atoms with Crippen molar-refractivity contribution in [2.24, 2.45) is 18.9 Å². The van der Waals surface area contributed by atoms with Gasteiger partial charge in [0, 0.05) is 24.3 Å². The molecule has 0 unspecified atom stereocenters. The number of carbonyl (C=O) groups is 2. The number of anilines is 1. The molecule has 1 heterocycles. The Morgan fingerprint density at radius 1 is 1.10 bits per heavy atom. The van der Waals surface area contributed by atoms with Gasteiger partial charge in [0.05, 0.1) is 5.75 Å². The third-order valence-corrected chi connectivity index (χ3v) is 7.23. The van der Waals surface area contributed by atoms with Crippen molar-refractivity contribution in [3.05, 3.63) is 29.8 Å². The molecule has 2 aliphatic rings. The molecule has 2 amide bonds. The fraction of sp³-hybridized carbons (Fsp3) is 0.571. The molecule has 2 aliphatic carbocycles. The fourth-order valence-corrected chi connectivity index (χ4v) is 5.30. The number of benzene rings is 1. The number of carbonyl (C=O) groups excluding carboxylic acids is 2. The summed E-state index contributed by atoms with van der Waals surface area (Å²) in [5.74, 6) is 1.69. The summed E-state index contributed by atoms with van der Waals surface area (Å²) in [4.78, 5) is 24.8. The maximum absolute atomic E-state index is 12.6. The molecule has 1 aromatic carbocycles. The van der Waals surface area contributed by atoms with E-state index in [9.17, 15) is 9.59 Å². The van der Waals surface area contributed by atoms with Crippen molar-refractivity contribution >= 4 is 29.3 Å². The van der Waals surface area contributed by atoms with Crippen molar-refractivity contribution in [2.75, 3.05) is 11.1 Å². The van der Waals surface area contributed by atoms with E-state index in [0.717, 1.165) is 24.7 Å². The Hall–Kier alpha value is -2.42. The standard InChI is InChI=1S/C21H28N6O2S/c1-27-21(24-25-26-27)30-13-19(28)22-17-9-7-15(8-10-17)20(29)23-18-11-6-14-4-2-3-5-16(14)12-18/h7-10,14,16,18H,2-6,11-13H2,1H3,(H,22,28)(H,23,29)/t14-,16-,18+/m0/s1. The monoisotopic (exact) mass is 428 g/mol. The van der Waals surface area contributed by atoms with Crippen LogP contribution in [-0.2, 0) is 11.8 Å². The van der Waals surface area contributed by atoms with Crippen LogP contribution in [0.15, 0.2) is 29.4 Å². The van der Waals surface area contributed by atoms with Crippen molar-refractivity contribution in [1.29, 1.82) is 0 Å². The van der Waals surface area contributed by atoms with Gasteiger partial charge in [0.2, 0.25) is 11.1 Å². The number of hydrogen-bond acceptors (Lipinski definition) is 6. The first-order valence-electron chi connectivity index (χ1n) is 10.6. The Kier molecular flexibility index (Phi) is 6.66. The summed E-state index contributed by atoms with van der Waals surface area (Å²) in [6, 6.07) is 7.33. The van der Waals surface area contributed by atoms with Crippen LogP contribution in [0, 0.1) is 11.8 Å². The number of amides is 2. The van der Waals surface area contributed by atoms with Gasteiger partial charge in [-0.05, 0) is 65.8 Å². The minimum atomic E-state index is -0.149. The third-order valence-electron chi connectivity index (χ3n) is 6.22. The third kappa shape index (κ3) is 5.19. The highest BCUT2D eigenvalue weighted by molar-refractivity contribution is 7.99. The van der Waals surface area contributed by atoms with Gasteiger partial charge in [-0.15, -0.1) is 5.10 Å². The Bertz CT molecular complexity index is 884. The maximum Gasteiger partial charge on any atom is 0.251 e. The second-order valence-electron chi connectivity index (χ2n) is 8.29. The molecule has 0 radical (unpaired) electrons. The number of fused-ring (bicyclic) bond motifs is 1. The van der Waals surface area contributed by atoms with Crippen LogP contribution in [-0.4, -0.2) is 43.8 Å². The van der Waals surface area contributed by atoms with E-state index in [-0.39, 0.29) is 23.6 Å². The lowest BCUT2D eigenvalue weighted by atomic mass is 9.69. The number of hydrogen-bond donors (Lipinski definition) is 2. The van der Waals surface area contributed by atoms with Gasteiger partial charge in [-0.2, -0.15) is 0 Å². The zero-order valence-corrected chi connectivity index (χ0v) is 18.0. The van der Waals surface area contributed by atoms with E-state index < -0.39 is 0 Å². The summed E-state index contributed by atoms with van der Waals surface area (Å²) < 4.78 is 1.52. The number of nitrogens with zero attached hydrogens (tertiary/aromatic N) is 4. The SMILES string of the molecule is Cn1nnnc1SCC(=O)Nc1ccc(C(=O)N[C@@H]2CC[C@@H]3CCCC[C@H]3C2)cc1. The first-order chi connectivity index (χ1) is 14.6. The normalized spacial score (nSPS) is 23.4. The highest BCUT2D eigenvalue weighted by Gasteiger charge is 2.32. The van der Waals surface area contributed by atoms with E-state index in [1.165, 1.54) is 48.5 Å². The van der Waals surface area contributed by atoms with E-state index >= 15 is 0 Å². The molecule has 4 rings (SSSR count). The largest absolute Gasteiger partial charge is 0.349 e. The van der Waals surface area contributed by atoms with Crippen molar-refractivity contribution in [3.63, 3.8) is 0 Å². The number of tetrazole rings is 1. The quantitative estimate of drug-likeness (QED) is 0.686. The smallest absolute Gasteiger partial charge is 0.251 e. The van der Waals surface area contributed by atoms with Crippen LogP contribution in [0.5, 0.6) is 0 Å². The zero-order valence-electron chi connectivity index (χ0n) is 17.2. The van der Waals surface area contributed by atoms with Crippen LogP contribution in [0.4, 0.5) is 5.69 Å². The van der Waals surface area contributed by atoms with Crippen LogP contribution in [0.3, 0.4) is 0 Å². The second kappa shape index (κ2) is 9.59. The van der Waals surface area contributed by atoms with Crippen LogP contribution >= 0.6 is 11.8 Å². The molecule has 3 atom stereocenters. The van der Waals surface area contributed by atoms with Gasteiger partial charge in [-0.25, -0.2) is 4.68 Å². The molecule has 2 N–H and O–H groups in total. The molecular weight excluding hydrogens is 400 g/mol. The molecule has 2 saturated carbocycles. The van der Waals surface area contributed by atoms with Crippen LogP contribution in [0.2, 0.25) is 0 Å². The van der Waals surface area contributed by atoms with E-state index in [0.29, 0.717) is 16.4 Å². The molecular formula is C21H28N6O2S. The molecule has 8 nitrogen and oxygen atoms in total. The predicted octanol–water partition coefficient (Wildman–Crippen LogP) is 3.03. The molecule has 30 heavy (non-hydrogen) atoms. The summed E-state index contributed by atoms with van der Waals surface area (Å²) in [5, 5.41) is 17.7. The van der Waals surface area contributed by atoms with E-state index in [1.54, 1.807) is 31.3 Å². The molecule has 2 fully saturated rings. The van der Waals surface area contributed by atoms with Gasteiger partial charge in [0.1, 0.15) is 0 Å². The molecule has 1 aromatic heterocycles. The van der Waals surface area contributed by atoms with Gasteiger partial charge in [-0.3, -0.25) is 9.59 Å². The first kappa shape index (κ1) is 20.8. The highest BCUT2D eigenvalue weighted by Crippen LogP contribution is 2.40. The van der Waals surface area contributed by atoms with Crippen LogP contribution in [0.25, 0.3) is 0 Å². The average Bonchev–Trinajstić information content (AvgIpc) is 3.17. The Balaban J connectivity index is 1.25. The minimum absolute atomic E-state index is 0.0301. The lowest BCUT2D eigenvalue weighted by Gasteiger charge is -2.39. The summed E-state index contributed by atoms with van der Waals surface area (Å²) in [6.07, 6.45) is 8.83. The van der Waals surface area contributed by atoms with Gasteiger partial charge >= 0.3 is 0 Å².